The normalized spacial score (nSPS) is 12.3. The van der Waals surface area contributed by atoms with Gasteiger partial charge in [-0.05, 0) is 35.6 Å². The lowest BCUT2D eigenvalue weighted by Gasteiger charge is -2.23. The van der Waals surface area contributed by atoms with Crippen LogP contribution in [0.15, 0.2) is 53.1 Å². The van der Waals surface area contributed by atoms with Gasteiger partial charge in [0.2, 0.25) is 5.91 Å². The predicted octanol–water partition coefficient (Wildman–Crippen LogP) is 5.06. The Balaban J connectivity index is 1.74. The van der Waals surface area contributed by atoms with E-state index < -0.39 is 0 Å². The molecule has 0 saturated carbocycles. The average molecular weight is 365 g/mol. The Morgan fingerprint density at radius 3 is 2.52 bits per heavy atom. The molecule has 27 heavy (non-hydrogen) atoms. The molecule has 0 bridgehead atoms. The molecule has 1 N–H and O–H groups in total. The summed E-state index contributed by atoms with van der Waals surface area (Å²) in [7, 11) is 1.62. The number of fused-ring (bicyclic) bond motifs is 1. The largest absolute Gasteiger partial charge is 0.497 e. The van der Waals surface area contributed by atoms with Crippen molar-refractivity contribution >= 4 is 16.9 Å². The van der Waals surface area contributed by atoms with Crippen molar-refractivity contribution in [3.63, 3.8) is 0 Å². The molecular formula is C23H27NO3. The second kappa shape index (κ2) is 8.30. The molecule has 3 rings (SSSR count). The van der Waals surface area contributed by atoms with E-state index in [2.05, 4.69) is 50.4 Å². The molecule has 1 amide bonds. The smallest absolute Gasteiger partial charge is 0.225 e. The number of furan rings is 1. The van der Waals surface area contributed by atoms with Crippen LogP contribution in [0.4, 0.5) is 0 Å². The molecule has 0 aliphatic heterocycles. The summed E-state index contributed by atoms with van der Waals surface area (Å²) >= 11 is 0. The number of methoxy groups -OCH3 is 1. The van der Waals surface area contributed by atoms with Gasteiger partial charge in [0.05, 0.1) is 25.8 Å². The number of carbonyl (C=O) groups is 1. The van der Waals surface area contributed by atoms with Crippen molar-refractivity contribution in [2.24, 2.45) is 5.92 Å². The number of nitrogens with one attached hydrogen (secondary N) is 1. The van der Waals surface area contributed by atoms with Crippen molar-refractivity contribution in [3.05, 3.63) is 65.4 Å². The molecule has 1 heterocycles. The highest BCUT2D eigenvalue weighted by Gasteiger charge is 2.19. The molecule has 1 aromatic heterocycles. The minimum absolute atomic E-state index is 0.00761. The third-order valence-corrected chi connectivity index (χ3v) is 4.94. The molecule has 0 unspecified atom stereocenters. The van der Waals surface area contributed by atoms with Crippen molar-refractivity contribution in [2.45, 2.75) is 39.7 Å². The van der Waals surface area contributed by atoms with E-state index in [9.17, 15) is 4.79 Å². The Kier molecular flexibility index (Phi) is 5.84. The van der Waals surface area contributed by atoms with Crippen molar-refractivity contribution in [2.75, 3.05) is 7.11 Å². The summed E-state index contributed by atoms with van der Waals surface area (Å²) < 4.78 is 10.8. The highest BCUT2D eigenvalue weighted by Crippen LogP contribution is 2.27. The molecule has 0 aliphatic carbocycles. The van der Waals surface area contributed by atoms with Gasteiger partial charge in [-0.15, -0.1) is 0 Å². The molecule has 0 aliphatic rings. The van der Waals surface area contributed by atoms with Crippen LogP contribution in [0.5, 0.6) is 5.75 Å². The summed E-state index contributed by atoms with van der Waals surface area (Å²) in [6, 6.07) is 14.1. The Bertz CT molecular complexity index is 909. The maximum Gasteiger partial charge on any atom is 0.225 e. The maximum atomic E-state index is 12.7. The molecular weight excluding hydrogens is 338 g/mol. The number of ether oxygens (including phenoxy) is 1. The highest BCUT2D eigenvalue weighted by atomic mass is 16.5. The second-order valence-electron chi connectivity index (χ2n) is 7.18. The molecule has 3 aromatic rings. The maximum absolute atomic E-state index is 12.7. The van der Waals surface area contributed by atoms with E-state index >= 15 is 0 Å². The van der Waals surface area contributed by atoms with E-state index in [0.717, 1.165) is 34.3 Å². The van der Waals surface area contributed by atoms with Crippen LogP contribution in [0.1, 0.15) is 43.5 Å². The summed E-state index contributed by atoms with van der Waals surface area (Å²) in [6.45, 7) is 6.39. The molecule has 142 valence electrons. The van der Waals surface area contributed by atoms with Gasteiger partial charge in [0.15, 0.2) is 0 Å². The fourth-order valence-electron chi connectivity index (χ4n) is 3.32. The van der Waals surface area contributed by atoms with Gasteiger partial charge in [0.1, 0.15) is 11.3 Å². The van der Waals surface area contributed by atoms with E-state index in [0.29, 0.717) is 5.92 Å². The lowest BCUT2D eigenvalue weighted by atomic mass is 9.94. The molecule has 2 aromatic carbocycles. The Hall–Kier alpha value is -2.75. The topological polar surface area (TPSA) is 51.5 Å². The number of amides is 1. The van der Waals surface area contributed by atoms with Crippen LogP contribution in [0.3, 0.4) is 0 Å². The van der Waals surface area contributed by atoms with Gasteiger partial charge in [0, 0.05) is 17.0 Å². The first-order valence-corrected chi connectivity index (χ1v) is 9.44. The third kappa shape index (κ3) is 4.33. The zero-order valence-electron chi connectivity index (χ0n) is 16.4. The molecule has 0 radical (unpaired) electrons. The first-order chi connectivity index (χ1) is 13.0. The minimum atomic E-state index is -0.0123. The van der Waals surface area contributed by atoms with E-state index in [1.165, 1.54) is 5.56 Å². The zero-order valence-corrected chi connectivity index (χ0v) is 16.4. The van der Waals surface area contributed by atoms with Crippen LogP contribution in [-0.4, -0.2) is 13.0 Å². The lowest BCUT2D eigenvalue weighted by Crippen LogP contribution is -2.32. The fourth-order valence-corrected chi connectivity index (χ4v) is 3.32. The monoisotopic (exact) mass is 365 g/mol. The average Bonchev–Trinajstić information content (AvgIpc) is 3.07. The van der Waals surface area contributed by atoms with Gasteiger partial charge in [-0.25, -0.2) is 0 Å². The summed E-state index contributed by atoms with van der Waals surface area (Å²) in [5.74, 6) is 1.03. The molecule has 0 spiro atoms. The molecule has 4 nitrogen and oxygen atoms in total. The number of hydrogen-bond acceptors (Lipinski definition) is 3. The Morgan fingerprint density at radius 1 is 1.15 bits per heavy atom. The van der Waals surface area contributed by atoms with E-state index in [4.69, 9.17) is 9.15 Å². The van der Waals surface area contributed by atoms with E-state index in [1.54, 1.807) is 13.4 Å². The van der Waals surface area contributed by atoms with Crippen LogP contribution in [-0.2, 0) is 17.6 Å². The zero-order chi connectivity index (χ0) is 19.4. The van der Waals surface area contributed by atoms with Crippen molar-refractivity contribution in [1.29, 1.82) is 0 Å². The summed E-state index contributed by atoms with van der Waals surface area (Å²) in [4.78, 5) is 12.7. The summed E-state index contributed by atoms with van der Waals surface area (Å²) in [5.41, 5.74) is 4.05. The first-order valence-electron chi connectivity index (χ1n) is 9.44. The Labute approximate surface area is 160 Å². The standard InChI is InChI=1S/C23H27NO3/c1-5-16-6-8-17(9-7-16)23(15(2)3)24-22(25)12-18-14-27-21-13-19(26-4)10-11-20(18)21/h6-11,13-15,23H,5,12H2,1-4H3,(H,24,25)/t23-/m1/s1. The fraction of sp³-hybridized carbons (Fsp3) is 0.348. The molecule has 4 heteroatoms. The lowest BCUT2D eigenvalue weighted by molar-refractivity contribution is -0.121. The number of benzene rings is 2. The summed E-state index contributed by atoms with van der Waals surface area (Å²) in [6.07, 6.45) is 2.96. The third-order valence-electron chi connectivity index (χ3n) is 4.94. The van der Waals surface area contributed by atoms with E-state index in [-0.39, 0.29) is 18.4 Å². The van der Waals surface area contributed by atoms with Gasteiger partial charge in [-0.3, -0.25) is 4.79 Å². The van der Waals surface area contributed by atoms with Gasteiger partial charge >= 0.3 is 0 Å². The Morgan fingerprint density at radius 2 is 1.89 bits per heavy atom. The molecule has 0 saturated heterocycles. The number of hydrogen-bond donors (Lipinski definition) is 1. The van der Waals surface area contributed by atoms with Crippen molar-refractivity contribution in [3.8, 4) is 5.75 Å². The predicted molar refractivity (Wildman–Crippen MR) is 108 cm³/mol. The van der Waals surface area contributed by atoms with Crippen LogP contribution in [0.2, 0.25) is 0 Å². The highest BCUT2D eigenvalue weighted by molar-refractivity contribution is 5.88. The SMILES string of the molecule is CCc1ccc([C@H](NC(=O)Cc2coc3cc(OC)ccc23)C(C)C)cc1. The van der Waals surface area contributed by atoms with Crippen LogP contribution < -0.4 is 10.1 Å². The number of carbonyl (C=O) groups excluding carboxylic acids is 1. The number of aryl methyl sites for hydroxylation is 1. The van der Waals surface area contributed by atoms with Crippen LogP contribution in [0.25, 0.3) is 11.0 Å². The van der Waals surface area contributed by atoms with Gasteiger partial charge in [-0.2, -0.15) is 0 Å². The van der Waals surface area contributed by atoms with Crippen LogP contribution >= 0.6 is 0 Å². The molecule has 0 fully saturated rings. The molecule has 1 atom stereocenters. The quantitative estimate of drug-likeness (QED) is 0.637. The van der Waals surface area contributed by atoms with Crippen molar-refractivity contribution in [1.82, 2.24) is 5.32 Å². The number of rotatable bonds is 7. The van der Waals surface area contributed by atoms with Crippen molar-refractivity contribution < 1.29 is 13.9 Å². The van der Waals surface area contributed by atoms with E-state index in [1.807, 2.05) is 18.2 Å². The van der Waals surface area contributed by atoms with Gasteiger partial charge in [0.25, 0.3) is 0 Å². The van der Waals surface area contributed by atoms with Gasteiger partial charge < -0.3 is 14.5 Å². The minimum Gasteiger partial charge on any atom is -0.497 e. The summed E-state index contributed by atoms with van der Waals surface area (Å²) in [5, 5.41) is 4.13. The van der Waals surface area contributed by atoms with Gasteiger partial charge in [-0.1, -0.05) is 45.0 Å². The second-order valence-corrected chi connectivity index (χ2v) is 7.18. The van der Waals surface area contributed by atoms with Crippen LogP contribution in [0, 0.1) is 5.92 Å². The first kappa shape index (κ1) is 19.0.